The van der Waals surface area contributed by atoms with E-state index >= 15 is 0 Å². The van der Waals surface area contributed by atoms with Gasteiger partial charge in [0.15, 0.2) is 0 Å². The lowest BCUT2D eigenvalue weighted by Gasteiger charge is -2.41. The van der Waals surface area contributed by atoms with Crippen molar-refractivity contribution in [1.29, 1.82) is 0 Å². The highest BCUT2D eigenvalue weighted by Crippen LogP contribution is 2.44. The summed E-state index contributed by atoms with van der Waals surface area (Å²) in [6.45, 7) is 6.98. The van der Waals surface area contributed by atoms with E-state index in [1.807, 2.05) is 39.0 Å². The van der Waals surface area contributed by atoms with Crippen LogP contribution in [0.5, 0.6) is 11.5 Å². The Bertz CT molecular complexity index is 702. The first-order valence-electron chi connectivity index (χ1n) is 9.21. The van der Waals surface area contributed by atoms with Crippen LogP contribution in [-0.2, 0) is 10.0 Å². The molecule has 0 amide bonds. The Labute approximate surface area is 157 Å². The summed E-state index contributed by atoms with van der Waals surface area (Å²) in [7, 11) is -3.33. The molecule has 1 aromatic rings. The van der Waals surface area contributed by atoms with Crippen molar-refractivity contribution in [3.05, 3.63) is 23.8 Å². The lowest BCUT2D eigenvalue weighted by Crippen LogP contribution is -2.43. The van der Waals surface area contributed by atoms with Gasteiger partial charge in [-0.05, 0) is 51.3 Å². The lowest BCUT2D eigenvalue weighted by atomic mass is 9.89. The Hall–Kier alpha value is -1.31. The summed E-state index contributed by atoms with van der Waals surface area (Å²) in [4.78, 5) is 0. The summed E-state index contributed by atoms with van der Waals surface area (Å²) < 4.78 is 38.0. The molecule has 1 aromatic carbocycles. The van der Waals surface area contributed by atoms with Crippen molar-refractivity contribution >= 4 is 10.0 Å². The number of nitrogens with zero attached hydrogens (tertiary/aromatic N) is 1. The second kappa shape index (κ2) is 8.59. The lowest BCUT2D eigenvalue weighted by molar-refractivity contribution is 0.0510. The van der Waals surface area contributed by atoms with E-state index in [2.05, 4.69) is 0 Å². The minimum absolute atomic E-state index is 0.200. The van der Waals surface area contributed by atoms with Gasteiger partial charge in [-0.3, -0.25) is 0 Å². The first kappa shape index (κ1) is 21.0. The van der Waals surface area contributed by atoms with E-state index in [1.165, 1.54) is 10.6 Å². The fourth-order valence-electron chi connectivity index (χ4n) is 3.41. The first-order chi connectivity index (χ1) is 12.2. The van der Waals surface area contributed by atoms with Gasteiger partial charge < -0.3 is 14.6 Å². The minimum atomic E-state index is -3.33. The van der Waals surface area contributed by atoms with Crippen LogP contribution in [0.2, 0.25) is 0 Å². The van der Waals surface area contributed by atoms with Gasteiger partial charge in [-0.25, -0.2) is 8.42 Å². The van der Waals surface area contributed by atoms with Crippen molar-refractivity contribution in [3.63, 3.8) is 0 Å². The molecule has 1 aliphatic rings. The van der Waals surface area contributed by atoms with Crippen LogP contribution in [-0.4, -0.2) is 49.4 Å². The molecule has 0 aromatic heterocycles. The molecule has 0 aliphatic carbocycles. The predicted molar refractivity (Wildman–Crippen MR) is 102 cm³/mol. The zero-order valence-corrected chi connectivity index (χ0v) is 17.0. The Morgan fingerprint density at radius 1 is 1.31 bits per heavy atom. The Morgan fingerprint density at radius 2 is 2.04 bits per heavy atom. The van der Waals surface area contributed by atoms with Crippen molar-refractivity contribution in [2.75, 3.05) is 26.0 Å². The minimum Gasteiger partial charge on any atom is -0.494 e. The topological polar surface area (TPSA) is 76.1 Å². The molecule has 7 heteroatoms. The maximum atomic E-state index is 12.3. The van der Waals surface area contributed by atoms with Gasteiger partial charge in [-0.1, -0.05) is 6.92 Å². The molecular formula is C19H31NO5S. The fraction of sp³-hybridized carbons (Fsp3) is 0.684. The van der Waals surface area contributed by atoms with Crippen LogP contribution in [0.25, 0.3) is 0 Å². The van der Waals surface area contributed by atoms with Crippen molar-refractivity contribution in [1.82, 2.24) is 4.31 Å². The summed E-state index contributed by atoms with van der Waals surface area (Å²) in [5.41, 5.74) is 0.409. The monoisotopic (exact) mass is 385 g/mol. The fourth-order valence-corrected chi connectivity index (χ4v) is 4.53. The molecule has 148 valence electrons. The van der Waals surface area contributed by atoms with Gasteiger partial charge in [-0.2, -0.15) is 4.31 Å². The van der Waals surface area contributed by atoms with E-state index in [0.29, 0.717) is 31.1 Å². The van der Waals surface area contributed by atoms with Gasteiger partial charge in [0.05, 0.1) is 18.9 Å². The standard InChI is InChI=1S/C19H31NO5S/c1-5-20(26(4,22)23)17-14-19(2,3)25-18-10-9-15(13-16(17)18)24-12-8-6-7-11-21/h9-10,13,17,21H,5-8,11-12,14H2,1-4H3. The zero-order chi connectivity index (χ0) is 19.4. The molecule has 2 rings (SSSR count). The van der Waals surface area contributed by atoms with Crippen LogP contribution >= 0.6 is 0 Å². The van der Waals surface area contributed by atoms with E-state index in [4.69, 9.17) is 14.6 Å². The molecule has 1 atom stereocenters. The van der Waals surface area contributed by atoms with Gasteiger partial charge in [0.1, 0.15) is 17.1 Å². The average molecular weight is 386 g/mol. The van der Waals surface area contributed by atoms with Crippen LogP contribution in [0.1, 0.15) is 58.1 Å². The molecule has 0 bridgehead atoms. The van der Waals surface area contributed by atoms with Crippen LogP contribution in [0.15, 0.2) is 18.2 Å². The molecule has 6 nitrogen and oxygen atoms in total. The third-order valence-electron chi connectivity index (χ3n) is 4.57. The Kier molecular flexibility index (Phi) is 6.93. The van der Waals surface area contributed by atoms with Crippen LogP contribution in [0.4, 0.5) is 0 Å². The molecule has 0 radical (unpaired) electrons. The molecule has 1 heterocycles. The third-order valence-corrected chi connectivity index (χ3v) is 5.93. The number of fused-ring (bicyclic) bond motifs is 1. The largest absolute Gasteiger partial charge is 0.494 e. The molecule has 0 spiro atoms. The highest BCUT2D eigenvalue weighted by molar-refractivity contribution is 7.88. The van der Waals surface area contributed by atoms with Crippen LogP contribution in [0.3, 0.4) is 0 Å². The smallest absolute Gasteiger partial charge is 0.211 e. The number of benzene rings is 1. The van der Waals surface area contributed by atoms with Gasteiger partial charge in [0.2, 0.25) is 10.0 Å². The van der Waals surface area contributed by atoms with E-state index in [1.54, 1.807) is 0 Å². The number of rotatable bonds is 9. The van der Waals surface area contributed by atoms with E-state index in [0.717, 1.165) is 24.8 Å². The normalized spacial score (nSPS) is 19.1. The van der Waals surface area contributed by atoms with Crippen LogP contribution in [0, 0.1) is 0 Å². The zero-order valence-electron chi connectivity index (χ0n) is 16.2. The summed E-state index contributed by atoms with van der Waals surface area (Å²) in [6.07, 6.45) is 4.40. The Morgan fingerprint density at radius 3 is 2.65 bits per heavy atom. The first-order valence-corrected chi connectivity index (χ1v) is 11.1. The van der Waals surface area contributed by atoms with Gasteiger partial charge in [0.25, 0.3) is 0 Å². The number of aliphatic hydroxyl groups is 1. The number of sulfonamides is 1. The van der Waals surface area contributed by atoms with E-state index < -0.39 is 15.6 Å². The maximum Gasteiger partial charge on any atom is 0.211 e. The molecular weight excluding hydrogens is 354 g/mol. The predicted octanol–water partition coefficient (Wildman–Crippen LogP) is 3.11. The molecule has 26 heavy (non-hydrogen) atoms. The number of hydrogen-bond donors (Lipinski definition) is 1. The Balaban J connectivity index is 2.26. The maximum absolute atomic E-state index is 12.3. The molecule has 1 unspecified atom stereocenters. The quantitative estimate of drug-likeness (QED) is 0.661. The number of aliphatic hydroxyl groups excluding tert-OH is 1. The second-order valence-corrected chi connectivity index (χ2v) is 9.32. The molecule has 0 saturated carbocycles. The van der Waals surface area contributed by atoms with Crippen molar-refractivity contribution < 1.29 is 23.0 Å². The second-order valence-electron chi connectivity index (χ2n) is 7.38. The summed E-state index contributed by atoms with van der Waals surface area (Å²) in [5, 5.41) is 8.82. The summed E-state index contributed by atoms with van der Waals surface area (Å²) in [6, 6.07) is 5.35. The van der Waals surface area contributed by atoms with Crippen molar-refractivity contribution in [2.45, 2.75) is 58.1 Å². The van der Waals surface area contributed by atoms with Crippen molar-refractivity contribution in [2.24, 2.45) is 0 Å². The van der Waals surface area contributed by atoms with E-state index in [9.17, 15) is 8.42 Å². The van der Waals surface area contributed by atoms with Crippen molar-refractivity contribution in [3.8, 4) is 11.5 Å². The molecule has 1 N–H and O–H groups in total. The van der Waals surface area contributed by atoms with Gasteiger partial charge >= 0.3 is 0 Å². The highest BCUT2D eigenvalue weighted by Gasteiger charge is 2.39. The molecule has 1 aliphatic heterocycles. The third kappa shape index (κ3) is 5.34. The van der Waals surface area contributed by atoms with Gasteiger partial charge in [0, 0.05) is 25.1 Å². The molecule has 0 fully saturated rings. The molecule has 0 saturated heterocycles. The number of ether oxygens (including phenoxy) is 2. The number of hydrogen-bond acceptors (Lipinski definition) is 5. The van der Waals surface area contributed by atoms with Crippen LogP contribution < -0.4 is 9.47 Å². The summed E-state index contributed by atoms with van der Waals surface area (Å²) in [5.74, 6) is 1.42. The van der Waals surface area contributed by atoms with E-state index in [-0.39, 0.29) is 12.6 Å². The SMILES string of the molecule is CCN(C1CC(C)(C)Oc2ccc(OCCCCCO)cc21)S(C)(=O)=O. The number of unbranched alkanes of at least 4 members (excludes halogenated alkanes) is 2. The highest BCUT2D eigenvalue weighted by atomic mass is 32.2. The van der Waals surface area contributed by atoms with Gasteiger partial charge in [-0.15, -0.1) is 0 Å². The average Bonchev–Trinajstić information content (AvgIpc) is 2.53. The summed E-state index contributed by atoms with van der Waals surface area (Å²) >= 11 is 0.